The number of hydrogen-bond acceptors (Lipinski definition) is 1. The van der Waals surface area contributed by atoms with Crippen LogP contribution < -0.4 is 0 Å². The van der Waals surface area contributed by atoms with Crippen molar-refractivity contribution in [3.63, 3.8) is 0 Å². The van der Waals surface area contributed by atoms with Crippen LogP contribution in [-0.4, -0.2) is 0 Å². The maximum absolute atomic E-state index is 9.84. The summed E-state index contributed by atoms with van der Waals surface area (Å²) in [6.07, 6.45) is 0. The first-order valence-electron chi connectivity index (χ1n) is 26.6. The summed E-state index contributed by atoms with van der Waals surface area (Å²) in [4.78, 5) is 0. The molecule has 0 bridgehead atoms. The van der Waals surface area contributed by atoms with Crippen LogP contribution in [-0.2, 0) is 0 Å². The van der Waals surface area contributed by atoms with Crippen LogP contribution >= 0.6 is 0 Å². The van der Waals surface area contributed by atoms with Crippen molar-refractivity contribution in [1.82, 2.24) is 0 Å². The Kier molecular flexibility index (Phi) is 3.36. The van der Waals surface area contributed by atoms with Crippen molar-refractivity contribution in [1.29, 1.82) is 0 Å². The van der Waals surface area contributed by atoms with E-state index in [0.29, 0.717) is 27.7 Å². The minimum atomic E-state index is -0.614. The molecule has 0 saturated heterocycles. The molecule has 0 aliphatic rings. The van der Waals surface area contributed by atoms with E-state index in [4.69, 9.17) is 16.8 Å². The average molecular weight is 713 g/mol. The fourth-order valence-electron chi connectivity index (χ4n) is 8.33. The molecule has 0 spiro atoms. The second-order valence-corrected chi connectivity index (χ2v) is 13.8. The Labute approximate surface area is 341 Å². The molecule has 12 aromatic carbocycles. The first kappa shape index (κ1) is 17.3. The van der Waals surface area contributed by atoms with Gasteiger partial charge in [0.2, 0.25) is 0 Å². The summed E-state index contributed by atoms with van der Waals surface area (Å²) >= 11 is 0. The highest BCUT2D eigenvalue weighted by Crippen LogP contribution is 2.46. The van der Waals surface area contributed by atoms with Gasteiger partial charge in [-0.1, -0.05) is 151 Å². The molecule has 0 unspecified atom stereocenters. The number of furan rings is 1. The third kappa shape index (κ3) is 4.07. The molecule has 13 aromatic rings. The Bertz CT molecular complexity index is 4720. The van der Waals surface area contributed by atoms with Crippen molar-refractivity contribution in [3.8, 4) is 33.4 Å². The monoisotopic (exact) mass is 712 g/mol. The molecule has 0 amide bonds. The van der Waals surface area contributed by atoms with Gasteiger partial charge in [-0.05, 0) is 139 Å². The molecule has 0 atom stereocenters. The summed E-state index contributed by atoms with van der Waals surface area (Å²) in [6, 6.07) is 12.1. The summed E-state index contributed by atoms with van der Waals surface area (Å²) in [6.45, 7) is 0. The fourth-order valence-corrected chi connectivity index (χ4v) is 8.33. The van der Waals surface area contributed by atoms with Gasteiger partial charge in [-0.15, -0.1) is 0 Å². The van der Waals surface area contributed by atoms with Crippen LogP contribution in [0.3, 0.4) is 0 Å². The molecule has 1 heteroatoms. The molecule has 1 heterocycles. The summed E-state index contributed by atoms with van der Waals surface area (Å²) < 4.78 is 172. The molecule has 0 aliphatic carbocycles. The fraction of sp³-hybridized carbons (Fsp3) is 0. The zero-order valence-electron chi connectivity index (χ0n) is 46.3. The van der Waals surface area contributed by atoms with Crippen molar-refractivity contribution in [2.45, 2.75) is 0 Å². The Morgan fingerprint density at radius 1 is 0.309 bits per heavy atom. The van der Waals surface area contributed by atoms with E-state index in [1.54, 1.807) is 24.3 Å². The summed E-state index contributed by atoms with van der Waals surface area (Å²) in [5, 5.41) is 1.67. The lowest BCUT2D eigenvalue weighted by Crippen LogP contribution is -1.92. The Hall–Kier alpha value is -7.22. The third-order valence-corrected chi connectivity index (χ3v) is 10.9. The maximum Gasteiger partial charge on any atom is 0.136 e. The van der Waals surface area contributed by atoms with Crippen molar-refractivity contribution >= 4 is 97.3 Å². The van der Waals surface area contributed by atoms with Gasteiger partial charge in [0.25, 0.3) is 0 Å². The van der Waals surface area contributed by atoms with Crippen molar-refractivity contribution in [2.75, 3.05) is 0 Å². The predicted octanol–water partition coefficient (Wildman–Crippen LogP) is 15.5. The molecule has 13 rings (SSSR count). The molecule has 252 valence electrons. The molecule has 0 aliphatic heterocycles. The molecule has 0 N–H and O–H groups in total. The smallest absolute Gasteiger partial charge is 0.136 e. The maximum atomic E-state index is 9.84. The second kappa shape index (κ2) is 10.7. The highest BCUT2D eigenvalue weighted by Gasteiger charge is 2.19. The van der Waals surface area contributed by atoms with E-state index in [2.05, 4.69) is 0 Å². The van der Waals surface area contributed by atoms with Crippen LogP contribution in [0.1, 0.15) is 24.7 Å². The molecule has 0 fully saturated rings. The SMILES string of the molecule is [2H]c1c([2H])c2c([2H])c([2H])c3c([2H])c([2H])c(-c4ccc(-c5ccc6oc7cc8ccccc8cc7c6c5)c(-c5c([2H])c([2H])c6c([2H])c([2H])c7c([2H])c([2H])c([2H])c8c([2H])c([2H])c5c6c78)c4)c4c([2H])c([2H])c(c1[2H])c2c34. The second-order valence-electron chi connectivity index (χ2n) is 13.8. The van der Waals surface area contributed by atoms with Crippen LogP contribution in [0.2, 0.25) is 0 Å². The lowest BCUT2D eigenvalue weighted by molar-refractivity contribution is 0.669. The average Bonchev–Trinajstić information content (AvgIpc) is 3.73. The lowest BCUT2D eigenvalue weighted by atomic mass is 9.84. The minimum absolute atomic E-state index is 0.0228. The van der Waals surface area contributed by atoms with Crippen LogP contribution in [0.4, 0.5) is 0 Å². The quantitative estimate of drug-likeness (QED) is 0.166. The van der Waals surface area contributed by atoms with Crippen LogP contribution in [0.15, 0.2) is 186 Å². The Morgan fingerprint density at radius 3 is 1.49 bits per heavy atom. The minimum Gasteiger partial charge on any atom is -0.456 e. The van der Waals surface area contributed by atoms with Gasteiger partial charge < -0.3 is 4.42 Å². The first-order valence-corrected chi connectivity index (χ1v) is 17.6. The van der Waals surface area contributed by atoms with Crippen LogP contribution in [0, 0.1) is 0 Å². The van der Waals surface area contributed by atoms with Gasteiger partial charge >= 0.3 is 0 Å². The van der Waals surface area contributed by atoms with E-state index < -0.39 is 109 Å². The highest BCUT2D eigenvalue weighted by molar-refractivity contribution is 6.27. The number of hydrogen-bond donors (Lipinski definition) is 0. The number of fused-ring (bicyclic) bond motifs is 4. The van der Waals surface area contributed by atoms with Gasteiger partial charge in [-0.25, -0.2) is 0 Å². The molecule has 1 nitrogen and oxygen atoms in total. The zero-order valence-corrected chi connectivity index (χ0v) is 28.3. The van der Waals surface area contributed by atoms with E-state index in [-0.39, 0.29) is 86.9 Å². The summed E-state index contributed by atoms with van der Waals surface area (Å²) in [5.41, 5.74) is 2.11. The van der Waals surface area contributed by atoms with Gasteiger partial charge in [0, 0.05) is 10.8 Å². The van der Waals surface area contributed by atoms with Crippen molar-refractivity contribution in [2.24, 2.45) is 0 Å². The van der Waals surface area contributed by atoms with Gasteiger partial charge in [-0.2, -0.15) is 0 Å². The number of rotatable bonds is 3. The van der Waals surface area contributed by atoms with Gasteiger partial charge in [-0.3, -0.25) is 0 Å². The summed E-state index contributed by atoms with van der Waals surface area (Å²) in [7, 11) is 0. The molecule has 55 heavy (non-hydrogen) atoms. The van der Waals surface area contributed by atoms with E-state index in [1.165, 1.54) is 6.07 Å². The normalized spacial score (nSPS) is 16.9. The first-order chi connectivity index (χ1) is 34.8. The Morgan fingerprint density at radius 2 is 0.818 bits per heavy atom. The van der Waals surface area contributed by atoms with Gasteiger partial charge in [0.1, 0.15) is 11.2 Å². The van der Waals surface area contributed by atoms with Gasteiger partial charge in [0.05, 0.1) is 24.7 Å². The largest absolute Gasteiger partial charge is 0.456 e. The van der Waals surface area contributed by atoms with E-state index in [0.717, 1.165) is 16.2 Å². The molecular formula is C54H30O. The van der Waals surface area contributed by atoms with Crippen molar-refractivity contribution < 1.29 is 29.1 Å². The van der Waals surface area contributed by atoms with Crippen LogP contribution in [0.5, 0.6) is 0 Å². The summed E-state index contributed by atoms with van der Waals surface area (Å²) in [5.74, 6) is 0. The molecule has 0 saturated carbocycles. The van der Waals surface area contributed by atoms with Crippen LogP contribution in [0.25, 0.3) is 131 Å². The van der Waals surface area contributed by atoms with E-state index in [1.807, 2.05) is 42.5 Å². The number of benzene rings is 12. The molecular weight excluding hydrogens is 665 g/mol. The predicted molar refractivity (Wildman–Crippen MR) is 235 cm³/mol. The van der Waals surface area contributed by atoms with Gasteiger partial charge in [0.15, 0.2) is 0 Å². The third-order valence-electron chi connectivity index (χ3n) is 10.9. The lowest BCUT2D eigenvalue weighted by Gasteiger charge is -2.19. The zero-order chi connectivity index (χ0) is 51.4. The molecule has 1 aromatic heterocycles. The standard InChI is InChI=1S/C54H30O/c1-2-6-38-30-50-48(27-37(38)5-1)47-29-40(20-26-49(47)55-50)42-22-19-39(41-21-15-35-13-11-31-7-3-9-33-17-24-44(41)53(35)51(31)33)28-46(42)43-23-16-36-14-12-32-8-4-10-34-18-25-45(43)54(36)52(32)34/h1-30H/i3D,4D,7D,8D,9D,10D,11D,12D,13D,14D,15D,16D,17D,18D,21D,23D,24D,25D. The van der Waals surface area contributed by atoms with Crippen molar-refractivity contribution in [3.05, 3.63) is 182 Å². The highest BCUT2D eigenvalue weighted by atomic mass is 16.3. The topological polar surface area (TPSA) is 13.1 Å². The van der Waals surface area contributed by atoms with E-state index >= 15 is 0 Å². The van der Waals surface area contributed by atoms with E-state index in [9.17, 15) is 12.3 Å². The Balaban J connectivity index is 1.22. The molecule has 0 radical (unpaired) electrons.